The summed E-state index contributed by atoms with van der Waals surface area (Å²) in [5.74, 6) is 0. The van der Waals surface area contributed by atoms with Gasteiger partial charge in [-0.3, -0.25) is 0 Å². The maximum atomic E-state index is 11.3. The number of carbonyl (C=O) groups is 1. The highest BCUT2D eigenvalue weighted by Crippen LogP contribution is 2.36. The third kappa shape index (κ3) is 0.905. The summed E-state index contributed by atoms with van der Waals surface area (Å²) < 4.78 is 0. The SMILES string of the molecule is CNC(=O)N1C2CCC1CC2. The van der Waals surface area contributed by atoms with E-state index in [-0.39, 0.29) is 6.03 Å². The lowest BCUT2D eigenvalue weighted by Crippen LogP contribution is -2.41. The number of urea groups is 1. The van der Waals surface area contributed by atoms with E-state index in [9.17, 15) is 4.79 Å². The lowest BCUT2D eigenvalue weighted by molar-refractivity contribution is 0.194. The molecule has 62 valence electrons. The summed E-state index contributed by atoms with van der Waals surface area (Å²) in [6.07, 6.45) is 4.88. The number of hydrogen-bond acceptors (Lipinski definition) is 1. The van der Waals surface area contributed by atoms with E-state index >= 15 is 0 Å². The van der Waals surface area contributed by atoms with Gasteiger partial charge in [0, 0.05) is 19.1 Å². The van der Waals surface area contributed by atoms with Crippen LogP contribution in [0.2, 0.25) is 0 Å². The second-order valence-electron chi connectivity index (χ2n) is 3.42. The third-order valence-electron chi connectivity index (χ3n) is 2.90. The zero-order chi connectivity index (χ0) is 7.84. The molecule has 0 aromatic rings. The molecule has 2 rings (SSSR count). The fourth-order valence-electron chi connectivity index (χ4n) is 2.37. The normalized spacial score (nSPS) is 34.5. The summed E-state index contributed by atoms with van der Waals surface area (Å²) >= 11 is 0. The highest BCUT2D eigenvalue weighted by atomic mass is 16.2. The van der Waals surface area contributed by atoms with Gasteiger partial charge in [0.1, 0.15) is 0 Å². The maximum Gasteiger partial charge on any atom is 0.317 e. The number of carbonyl (C=O) groups excluding carboxylic acids is 1. The molecule has 2 aliphatic rings. The maximum absolute atomic E-state index is 11.3. The van der Waals surface area contributed by atoms with Crippen LogP contribution in [0.1, 0.15) is 25.7 Å². The quantitative estimate of drug-likeness (QED) is 0.553. The van der Waals surface area contributed by atoms with E-state index in [0.717, 1.165) is 0 Å². The Morgan fingerprint density at radius 1 is 1.27 bits per heavy atom. The third-order valence-corrected chi connectivity index (χ3v) is 2.90. The van der Waals surface area contributed by atoms with E-state index in [1.54, 1.807) is 7.05 Å². The molecule has 0 radical (unpaired) electrons. The van der Waals surface area contributed by atoms with Crippen LogP contribution in [0.25, 0.3) is 0 Å². The predicted molar refractivity (Wildman–Crippen MR) is 42.3 cm³/mol. The van der Waals surface area contributed by atoms with Crippen LogP contribution < -0.4 is 5.32 Å². The number of rotatable bonds is 0. The van der Waals surface area contributed by atoms with E-state index in [4.69, 9.17) is 0 Å². The molecule has 0 aliphatic carbocycles. The number of amides is 2. The average Bonchev–Trinajstić information content (AvgIpc) is 2.61. The summed E-state index contributed by atoms with van der Waals surface area (Å²) in [5.41, 5.74) is 0. The van der Waals surface area contributed by atoms with Crippen LogP contribution in [-0.4, -0.2) is 30.1 Å². The molecule has 0 saturated carbocycles. The van der Waals surface area contributed by atoms with Gasteiger partial charge >= 0.3 is 6.03 Å². The van der Waals surface area contributed by atoms with Gasteiger partial charge in [-0.1, -0.05) is 0 Å². The molecule has 2 heterocycles. The van der Waals surface area contributed by atoms with E-state index < -0.39 is 0 Å². The zero-order valence-electron chi connectivity index (χ0n) is 6.84. The molecule has 0 atom stereocenters. The minimum absolute atomic E-state index is 0.120. The highest BCUT2D eigenvalue weighted by molar-refractivity contribution is 5.75. The molecule has 0 aromatic carbocycles. The van der Waals surface area contributed by atoms with Crippen molar-refractivity contribution >= 4 is 6.03 Å². The Morgan fingerprint density at radius 3 is 2.09 bits per heavy atom. The van der Waals surface area contributed by atoms with Gasteiger partial charge in [0.05, 0.1) is 0 Å². The first-order chi connectivity index (χ1) is 5.33. The van der Waals surface area contributed by atoms with Crippen molar-refractivity contribution in [2.24, 2.45) is 0 Å². The molecule has 2 aliphatic heterocycles. The fourth-order valence-corrected chi connectivity index (χ4v) is 2.37. The molecule has 2 amide bonds. The van der Waals surface area contributed by atoms with Gasteiger partial charge in [-0.15, -0.1) is 0 Å². The van der Waals surface area contributed by atoms with Gasteiger partial charge in [0.2, 0.25) is 0 Å². The van der Waals surface area contributed by atoms with Crippen molar-refractivity contribution < 1.29 is 4.79 Å². The minimum atomic E-state index is 0.120. The molecule has 0 aromatic heterocycles. The topological polar surface area (TPSA) is 32.3 Å². The summed E-state index contributed by atoms with van der Waals surface area (Å²) in [4.78, 5) is 13.3. The van der Waals surface area contributed by atoms with Gasteiger partial charge < -0.3 is 10.2 Å². The average molecular weight is 154 g/mol. The largest absolute Gasteiger partial charge is 0.341 e. The second kappa shape index (κ2) is 2.40. The van der Waals surface area contributed by atoms with Gasteiger partial charge in [0.25, 0.3) is 0 Å². The molecular weight excluding hydrogens is 140 g/mol. The van der Waals surface area contributed by atoms with Crippen molar-refractivity contribution in [1.82, 2.24) is 10.2 Å². The number of hydrogen-bond donors (Lipinski definition) is 1. The van der Waals surface area contributed by atoms with Crippen LogP contribution in [0.15, 0.2) is 0 Å². The minimum Gasteiger partial charge on any atom is -0.341 e. The van der Waals surface area contributed by atoms with Gasteiger partial charge in [-0.2, -0.15) is 0 Å². The fraction of sp³-hybridized carbons (Fsp3) is 0.875. The first-order valence-electron chi connectivity index (χ1n) is 4.33. The van der Waals surface area contributed by atoms with Crippen molar-refractivity contribution in [3.63, 3.8) is 0 Å². The van der Waals surface area contributed by atoms with Gasteiger partial charge in [0.15, 0.2) is 0 Å². The Balaban J connectivity index is 2.09. The van der Waals surface area contributed by atoms with Crippen LogP contribution >= 0.6 is 0 Å². The van der Waals surface area contributed by atoms with Crippen molar-refractivity contribution in [2.75, 3.05) is 7.05 Å². The van der Waals surface area contributed by atoms with Gasteiger partial charge in [-0.25, -0.2) is 4.79 Å². The lowest BCUT2D eigenvalue weighted by atomic mass is 10.0. The zero-order valence-corrected chi connectivity index (χ0v) is 6.84. The van der Waals surface area contributed by atoms with Gasteiger partial charge in [-0.05, 0) is 25.7 Å². The highest BCUT2D eigenvalue weighted by Gasteiger charge is 2.41. The van der Waals surface area contributed by atoms with E-state index in [2.05, 4.69) is 5.32 Å². The molecule has 0 spiro atoms. The Kier molecular flexibility index (Phi) is 1.51. The van der Waals surface area contributed by atoms with E-state index in [1.807, 2.05) is 4.90 Å². The van der Waals surface area contributed by atoms with E-state index in [1.165, 1.54) is 25.7 Å². The molecule has 2 saturated heterocycles. The van der Waals surface area contributed by atoms with Crippen molar-refractivity contribution in [3.05, 3.63) is 0 Å². The molecular formula is C8H14N2O. The van der Waals surface area contributed by atoms with Crippen LogP contribution in [-0.2, 0) is 0 Å². The molecule has 3 heteroatoms. The predicted octanol–water partition coefficient (Wildman–Crippen LogP) is 0.953. The lowest BCUT2D eigenvalue weighted by Gasteiger charge is -2.20. The van der Waals surface area contributed by atoms with Crippen molar-refractivity contribution in [1.29, 1.82) is 0 Å². The first-order valence-corrected chi connectivity index (χ1v) is 4.33. The first kappa shape index (κ1) is 6.95. The molecule has 3 nitrogen and oxygen atoms in total. The van der Waals surface area contributed by atoms with Crippen molar-refractivity contribution in [3.8, 4) is 0 Å². The van der Waals surface area contributed by atoms with Crippen LogP contribution in [0.4, 0.5) is 4.79 Å². The molecule has 0 unspecified atom stereocenters. The monoisotopic (exact) mass is 154 g/mol. The molecule has 2 fully saturated rings. The molecule has 1 N–H and O–H groups in total. The Morgan fingerprint density at radius 2 is 1.73 bits per heavy atom. The Labute approximate surface area is 66.8 Å². The number of nitrogens with one attached hydrogen (secondary N) is 1. The smallest absolute Gasteiger partial charge is 0.317 e. The summed E-state index contributed by atoms with van der Waals surface area (Å²) in [5, 5.41) is 2.69. The van der Waals surface area contributed by atoms with Crippen LogP contribution in [0, 0.1) is 0 Å². The summed E-state index contributed by atoms with van der Waals surface area (Å²) in [6, 6.07) is 1.23. The standard InChI is InChI=1S/C8H14N2O/c1-9-8(11)10-6-2-3-7(10)5-4-6/h6-7H,2-5H2,1H3,(H,9,11). The number of fused-ring (bicyclic) bond motifs is 2. The van der Waals surface area contributed by atoms with E-state index in [0.29, 0.717) is 12.1 Å². The Bertz CT molecular complexity index is 161. The van der Waals surface area contributed by atoms with Crippen molar-refractivity contribution in [2.45, 2.75) is 37.8 Å². The summed E-state index contributed by atoms with van der Waals surface area (Å²) in [7, 11) is 1.71. The Hall–Kier alpha value is -0.730. The summed E-state index contributed by atoms with van der Waals surface area (Å²) in [6.45, 7) is 0. The van der Waals surface area contributed by atoms with Crippen LogP contribution in [0.5, 0.6) is 0 Å². The molecule has 2 bridgehead atoms. The molecule has 11 heavy (non-hydrogen) atoms. The second-order valence-corrected chi connectivity index (χ2v) is 3.42. The van der Waals surface area contributed by atoms with Crippen LogP contribution in [0.3, 0.4) is 0 Å². The number of nitrogens with zero attached hydrogens (tertiary/aromatic N) is 1.